The topological polar surface area (TPSA) is 26.3 Å². The Morgan fingerprint density at radius 1 is 0.833 bits per heavy atom. The third-order valence-corrected chi connectivity index (χ3v) is 17.8. The Hall–Kier alpha value is 0.269. The van der Waals surface area contributed by atoms with Gasteiger partial charge in [-0.2, -0.15) is 0 Å². The van der Waals surface area contributed by atoms with E-state index in [1.54, 1.807) is 0 Å². The number of carbonyl (C=O) groups excluding carboxylic acids is 1. The van der Waals surface area contributed by atoms with Crippen molar-refractivity contribution < 1.29 is 9.53 Å². The molecule has 0 spiro atoms. The zero-order valence-electron chi connectivity index (χ0n) is 12.9. The van der Waals surface area contributed by atoms with Crippen LogP contribution in [-0.4, -0.2) is 29.0 Å². The first-order valence-electron chi connectivity index (χ1n) is 7.84. The molecule has 0 atom stereocenters. The van der Waals surface area contributed by atoms with E-state index in [1.807, 2.05) is 6.92 Å². The van der Waals surface area contributed by atoms with Crippen LogP contribution >= 0.6 is 0 Å². The number of carbonyl (C=O) groups is 1. The Morgan fingerprint density at radius 3 is 1.50 bits per heavy atom. The molecule has 0 rings (SSSR count). The molecular weight excluding hydrogens is 331 g/mol. The molecule has 0 aromatic rings. The Kier molecular flexibility index (Phi) is 11.3. The molecule has 0 bridgehead atoms. The fraction of sp³-hybridized carbons (Fsp3) is 0.933. The van der Waals surface area contributed by atoms with Gasteiger partial charge in [0.25, 0.3) is 0 Å². The SMILES string of the molecule is CCC[CH2][Sn]([CH2]CCC)([CH2]CCC)[C](=O)OCC. The third kappa shape index (κ3) is 6.44. The monoisotopic (exact) mass is 364 g/mol. The molecule has 0 aromatic carbocycles. The van der Waals surface area contributed by atoms with Gasteiger partial charge in [0.1, 0.15) is 0 Å². The molecule has 0 amide bonds. The van der Waals surface area contributed by atoms with Gasteiger partial charge in [0.2, 0.25) is 0 Å². The van der Waals surface area contributed by atoms with Crippen LogP contribution in [-0.2, 0) is 4.74 Å². The zero-order valence-corrected chi connectivity index (χ0v) is 15.7. The first kappa shape index (κ1) is 18.3. The second-order valence-corrected chi connectivity index (χ2v) is 18.1. The van der Waals surface area contributed by atoms with Crippen molar-refractivity contribution in [3.8, 4) is 0 Å². The number of ether oxygens (including phenoxy) is 1. The van der Waals surface area contributed by atoms with Gasteiger partial charge in [-0.05, 0) is 0 Å². The summed E-state index contributed by atoms with van der Waals surface area (Å²) in [7, 11) is 0. The predicted octanol–water partition coefficient (Wildman–Crippen LogP) is 5.57. The van der Waals surface area contributed by atoms with E-state index >= 15 is 0 Å². The second kappa shape index (κ2) is 11.1. The molecule has 3 heteroatoms. The maximum atomic E-state index is 12.5. The van der Waals surface area contributed by atoms with Crippen LogP contribution < -0.4 is 0 Å². The van der Waals surface area contributed by atoms with Gasteiger partial charge in [-0.1, -0.05) is 0 Å². The molecule has 0 radical (unpaired) electrons. The fourth-order valence-corrected chi connectivity index (χ4v) is 16.5. The average molecular weight is 363 g/mol. The standard InChI is InChI=1S/3C4H9.C3H5O2.Sn/c3*1-3-4-2;1-2-5-3-4;/h3*1,3-4H2,2H3;2H2,1H3;. The summed E-state index contributed by atoms with van der Waals surface area (Å²) < 4.78 is 9.36. The van der Waals surface area contributed by atoms with Crippen molar-refractivity contribution in [1.29, 1.82) is 0 Å². The number of rotatable bonds is 11. The summed E-state index contributed by atoms with van der Waals surface area (Å²) >= 11 is -2.69. The molecule has 0 saturated heterocycles. The Balaban J connectivity index is 4.78. The quantitative estimate of drug-likeness (QED) is 0.449. The minimum absolute atomic E-state index is 0.266. The summed E-state index contributed by atoms with van der Waals surface area (Å²) in [5.41, 5.74) is 0. The van der Waals surface area contributed by atoms with Crippen molar-refractivity contribution >= 4 is 22.4 Å². The van der Waals surface area contributed by atoms with Crippen molar-refractivity contribution in [3.63, 3.8) is 0 Å². The third-order valence-electron chi connectivity index (χ3n) is 3.74. The number of unbranched alkanes of at least 4 members (excludes halogenated alkanes) is 3. The van der Waals surface area contributed by atoms with Crippen molar-refractivity contribution in [2.45, 2.75) is 79.5 Å². The van der Waals surface area contributed by atoms with Gasteiger partial charge in [-0.3, -0.25) is 0 Å². The summed E-state index contributed by atoms with van der Waals surface area (Å²) in [5.74, 6) is 0. The molecule has 0 heterocycles. The van der Waals surface area contributed by atoms with Gasteiger partial charge in [-0.15, -0.1) is 0 Å². The van der Waals surface area contributed by atoms with E-state index in [0.29, 0.717) is 6.61 Å². The van der Waals surface area contributed by atoms with E-state index < -0.39 is 18.4 Å². The Morgan fingerprint density at radius 2 is 1.22 bits per heavy atom. The zero-order chi connectivity index (χ0) is 13.9. The summed E-state index contributed by atoms with van der Waals surface area (Å²) in [6, 6.07) is 0. The summed E-state index contributed by atoms with van der Waals surface area (Å²) in [4.78, 5) is 12.5. The molecule has 0 aliphatic heterocycles. The van der Waals surface area contributed by atoms with Crippen LogP contribution in [0.5, 0.6) is 0 Å². The predicted molar refractivity (Wildman–Crippen MR) is 81.9 cm³/mol. The van der Waals surface area contributed by atoms with E-state index in [-0.39, 0.29) is 3.99 Å². The van der Waals surface area contributed by atoms with Crippen LogP contribution in [0.4, 0.5) is 4.79 Å². The van der Waals surface area contributed by atoms with Crippen molar-refractivity contribution in [2.75, 3.05) is 6.61 Å². The van der Waals surface area contributed by atoms with Crippen molar-refractivity contribution in [1.82, 2.24) is 0 Å². The van der Waals surface area contributed by atoms with Gasteiger partial charge < -0.3 is 0 Å². The first-order valence-corrected chi connectivity index (χ1v) is 15.3. The Bertz CT molecular complexity index is 195. The van der Waals surface area contributed by atoms with Gasteiger partial charge >= 0.3 is 118 Å². The van der Waals surface area contributed by atoms with Crippen LogP contribution in [0, 0.1) is 0 Å². The van der Waals surface area contributed by atoms with E-state index in [2.05, 4.69) is 20.8 Å². The van der Waals surface area contributed by atoms with Crippen LogP contribution in [0.2, 0.25) is 13.3 Å². The molecule has 0 fully saturated rings. The van der Waals surface area contributed by atoms with Crippen LogP contribution in [0.25, 0.3) is 0 Å². The molecule has 0 aliphatic rings. The van der Waals surface area contributed by atoms with E-state index in [1.165, 1.54) is 51.8 Å². The fourth-order valence-electron chi connectivity index (χ4n) is 2.51. The molecule has 0 N–H and O–H groups in total. The molecule has 0 aromatic heterocycles. The first-order chi connectivity index (χ1) is 8.66. The molecular formula is C15H32O2Sn. The Labute approximate surface area is 118 Å². The molecule has 108 valence electrons. The summed E-state index contributed by atoms with van der Waals surface area (Å²) in [6.45, 7) is 9.17. The average Bonchev–Trinajstić information content (AvgIpc) is 2.38. The van der Waals surface area contributed by atoms with Gasteiger partial charge in [-0.25, -0.2) is 0 Å². The number of hydrogen-bond donors (Lipinski definition) is 0. The molecule has 0 saturated carbocycles. The normalized spacial score (nSPS) is 11.6. The van der Waals surface area contributed by atoms with E-state index in [9.17, 15) is 4.79 Å². The molecule has 0 aliphatic carbocycles. The van der Waals surface area contributed by atoms with E-state index in [0.717, 1.165) is 0 Å². The molecule has 2 nitrogen and oxygen atoms in total. The molecule has 0 unspecified atom stereocenters. The molecule has 18 heavy (non-hydrogen) atoms. The van der Waals surface area contributed by atoms with Crippen LogP contribution in [0.1, 0.15) is 66.2 Å². The summed E-state index contributed by atoms with van der Waals surface area (Å²) in [5, 5.41) is 0. The van der Waals surface area contributed by atoms with Gasteiger partial charge in [0.15, 0.2) is 0 Å². The van der Waals surface area contributed by atoms with Crippen molar-refractivity contribution in [2.24, 2.45) is 0 Å². The van der Waals surface area contributed by atoms with Gasteiger partial charge in [0, 0.05) is 0 Å². The summed E-state index contributed by atoms with van der Waals surface area (Å²) in [6.07, 6.45) is 7.29. The van der Waals surface area contributed by atoms with E-state index in [4.69, 9.17) is 4.74 Å². The van der Waals surface area contributed by atoms with Crippen LogP contribution in [0.15, 0.2) is 0 Å². The van der Waals surface area contributed by atoms with Crippen LogP contribution in [0.3, 0.4) is 0 Å². The minimum atomic E-state index is -2.69. The number of hydrogen-bond acceptors (Lipinski definition) is 2. The van der Waals surface area contributed by atoms with Gasteiger partial charge in [0.05, 0.1) is 0 Å². The van der Waals surface area contributed by atoms with Crippen molar-refractivity contribution in [3.05, 3.63) is 0 Å². The maximum absolute atomic E-state index is 12.5. The second-order valence-electron chi connectivity index (χ2n) is 5.31.